The van der Waals surface area contributed by atoms with Gasteiger partial charge >= 0.3 is 0 Å². The van der Waals surface area contributed by atoms with Crippen LogP contribution in [0.4, 0.5) is 0 Å². The lowest BCUT2D eigenvalue weighted by Gasteiger charge is -1.92. The van der Waals surface area contributed by atoms with Gasteiger partial charge in [-0.25, -0.2) is 0 Å². The maximum atomic E-state index is 5.17. The first-order valence-electron chi connectivity index (χ1n) is 4.27. The Balaban J connectivity index is 0.000000252. The highest BCUT2D eigenvalue weighted by Gasteiger charge is 1.82. The lowest BCUT2D eigenvalue weighted by Crippen LogP contribution is -2.25. The summed E-state index contributed by atoms with van der Waals surface area (Å²) in [7, 11) is 0. The molecular formula is C9H18N4. The molecule has 1 unspecified atom stereocenters. The molecule has 4 N–H and O–H groups in total. The number of aromatic nitrogens is 2. The molecule has 13 heavy (non-hydrogen) atoms. The van der Waals surface area contributed by atoms with Crippen LogP contribution in [0.5, 0.6) is 0 Å². The summed E-state index contributed by atoms with van der Waals surface area (Å²) in [5, 5.41) is 0. The van der Waals surface area contributed by atoms with Gasteiger partial charge in [-0.3, -0.25) is 9.97 Å². The minimum absolute atomic E-state index is 0.162. The van der Waals surface area contributed by atoms with Gasteiger partial charge in [-0.1, -0.05) is 0 Å². The summed E-state index contributed by atoms with van der Waals surface area (Å²) < 4.78 is 0. The van der Waals surface area contributed by atoms with Crippen LogP contribution in [0, 0.1) is 13.8 Å². The van der Waals surface area contributed by atoms with Gasteiger partial charge in [-0.05, 0) is 20.8 Å². The normalized spacial score (nSPS) is 11.5. The van der Waals surface area contributed by atoms with E-state index in [9.17, 15) is 0 Å². The van der Waals surface area contributed by atoms with E-state index in [4.69, 9.17) is 11.5 Å². The molecule has 0 aliphatic carbocycles. The van der Waals surface area contributed by atoms with Gasteiger partial charge in [0.2, 0.25) is 0 Å². The molecule has 0 saturated heterocycles. The van der Waals surface area contributed by atoms with Gasteiger partial charge in [-0.2, -0.15) is 0 Å². The number of nitrogens with zero attached hydrogens (tertiary/aromatic N) is 2. The molecule has 0 radical (unpaired) electrons. The van der Waals surface area contributed by atoms with Gasteiger partial charge in [0.25, 0.3) is 0 Å². The van der Waals surface area contributed by atoms with Crippen molar-refractivity contribution in [1.29, 1.82) is 0 Å². The van der Waals surface area contributed by atoms with Crippen LogP contribution >= 0.6 is 0 Å². The molecule has 0 aliphatic heterocycles. The summed E-state index contributed by atoms with van der Waals surface area (Å²) in [6.07, 6.45) is 3.52. The first-order chi connectivity index (χ1) is 6.06. The van der Waals surface area contributed by atoms with Crippen LogP contribution < -0.4 is 11.5 Å². The fourth-order valence-electron chi connectivity index (χ4n) is 0.457. The van der Waals surface area contributed by atoms with Gasteiger partial charge in [0.15, 0.2) is 0 Å². The third-order valence-electron chi connectivity index (χ3n) is 1.28. The average Bonchev–Trinajstić information content (AvgIpc) is 2.11. The Morgan fingerprint density at radius 1 is 1.23 bits per heavy atom. The minimum atomic E-state index is 0.162. The summed E-state index contributed by atoms with van der Waals surface area (Å²) in [6.45, 7) is 6.30. The summed E-state index contributed by atoms with van der Waals surface area (Å²) >= 11 is 0. The molecule has 4 heteroatoms. The van der Waals surface area contributed by atoms with Crippen LogP contribution in [0.3, 0.4) is 0 Å². The lowest BCUT2D eigenvalue weighted by molar-refractivity contribution is 0.752. The number of nitrogens with two attached hydrogens (primary N) is 2. The van der Waals surface area contributed by atoms with Gasteiger partial charge in [0.1, 0.15) is 0 Å². The fraction of sp³-hybridized carbons (Fsp3) is 0.556. The van der Waals surface area contributed by atoms with Crippen molar-refractivity contribution in [1.82, 2.24) is 9.97 Å². The van der Waals surface area contributed by atoms with E-state index in [0.717, 1.165) is 11.4 Å². The van der Waals surface area contributed by atoms with Gasteiger partial charge in [0.05, 0.1) is 11.4 Å². The van der Waals surface area contributed by atoms with E-state index >= 15 is 0 Å². The first-order valence-corrected chi connectivity index (χ1v) is 4.27. The SMILES string of the molecule is CC(N)CN.Cc1cnc(C)cn1. The van der Waals surface area contributed by atoms with E-state index in [1.54, 1.807) is 12.4 Å². The van der Waals surface area contributed by atoms with E-state index < -0.39 is 0 Å². The van der Waals surface area contributed by atoms with E-state index in [1.807, 2.05) is 20.8 Å². The van der Waals surface area contributed by atoms with E-state index in [1.165, 1.54) is 0 Å². The zero-order valence-corrected chi connectivity index (χ0v) is 8.49. The van der Waals surface area contributed by atoms with Crippen LogP contribution in [0.25, 0.3) is 0 Å². The van der Waals surface area contributed by atoms with Crippen molar-refractivity contribution in [2.24, 2.45) is 11.5 Å². The lowest BCUT2D eigenvalue weighted by atomic mass is 10.4. The Morgan fingerprint density at radius 2 is 1.54 bits per heavy atom. The van der Waals surface area contributed by atoms with Crippen LogP contribution in [0.1, 0.15) is 18.3 Å². The largest absolute Gasteiger partial charge is 0.329 e. The van der Waals surface area contributed by atoms with Crippen LogP contribution in [-0.4, -0.2) is 22.6 Å². The third kappa shape index (κ3) is 7.36. The van der Waals surface area contributed by atoms with Crippen molar-refractivity contribution < 1.29 is 0 Å². The molecule has 0 spiro atoms. The van der Waals surface area contributed by atoms with Crippen molar-refractivity contribution in [3.63, 3.8) is 0 Å². The molecule has 0 amide bonds. The quantitative estimate of drug-likeness (QED) is 0.658. The molecule has 0 aromatic carbocycles. The zero-order chi connectivity index (χ0) is 10.3. The van der Waals surface area contributed by atoms with Crippen LogP contribution in [-0.2, 0) is 0 Å². The van der Waals surface area contributed by atoms with Gasteiger partial charge in [0, 0.05) is 25.0 Å². The molecule has 1 rings (SSSR count). The Bertz CT molecular complexity index is 197. The summed E-state index contributed by atoms with van der Waals surface area (Å²) in [4.78, 5) is 8.03. The van der Waals surface area contributed by atoms with E-state index in [0.29, 0.717) is 6.54 Å². The van der Waals surface area contributed by atoms with Crippen molar-refractivity contribution in [3.8, 4) is 0 Å². The van der Waals surface area contributed by atoms with Crippen LogP contribution in [0.15, 0.2) is 12.4 Å². The van der Waals surface area contributed by atoms with Crippen molar-refractivity contribution >= 4 is 0 Å². The maximum absolute atomic E-state index is 5.17. The van der Waals surface area contributed by atoms with Crippen LogP contribution in [0.2, 0.25) is 0 Å². The highest BCUT2D eigenvalue weighted by molar-refractivity contribution is 4.97. The second kappa shape index (κ2) is 6.51. The van der Waals surface area contributed by atoms with Crippen molar-refractivity contribution in [2.45, 2.75) is 26.8 Å². The van der Waals surface area contributed by atoms with Crippen molar-refractivity contribution in [3.05, 3.63) is 23.8 Å². The molecule has 1 heterocycles. The molecule has 1 atom stereocenters. The number of aryl methyl sites for hydroxylation is 2. The molecule has 0 fully saturated rings. The second-order valence-electron chi connectivity index (χ2n) is 3.01. The smallest absolute Gasteiger partial charge is 0.0555 e. The molecule has 0 saturated carbocycles. The Labute approximate surface area is 79.4 Å². The Morgan fingerprint density at radius 3 is 1.69 bits per heavy atom. The highest BCUT2D eigenvalue weighted by atomic mass is 14.8. The molecule has 4 nitrogen and oxygen atoms in total. The predicted octanol–water partition coefficient (Wildman–Crippen LogP) is 0.386. The highest BCUT2D eigenvalue weighted by Crippen LogP contribution is 1.88. The first kappa shape index (κ1) is 12.0. The maximum Gasteiger partial charge on any atom is 0.0555 e. The fourth-order valence-corrected chi connectivity index (χ4v) is 0.457. The van der Waals surface area contributed by atoms with E-state index in [2.05, 4.69) is 9.97 Å². The standard InChI is InChI=1S/C6H8N2.C3H10N2/c1-5-3-8-6(2)4-7-5;1-3(5)2-4/h3-4H,1-2H3;3H,2,4-5H2,1H3. The average molecular weight is 182 g/mol. The number of rotatable bonds is 1. The molecule has 74 valence electrons. The third-order valence-corrected chi connectivity index (χ3v) is 1.28. The monoisotopic (exact) mass is 182 g/mol. The zero-order valence-electron chi connectivity index (χ0n) is 8.49. The predicted molar refractivity (Wildman–Crippen MR) is 54.2 cm³/mol. The molecule has 0 aliphatic rings. The topological polar surface area (TPSA) is 77.8 Å². The molecule has 0 bridgehead atoms. The Hall–Kier alpha value is -1.00. The minimum Gasteiger partial charge on any atom is -0.329 e. The second-order valence-corrected chi connectivity index (χ2v) is 3.01. The number of hydrogen-bond acceptors (Lipinski definition) is 4. The van der Waals surface area contributed by atoms with Gasteiger partial charge < -0.3 is 11.5 Å². The Kier molecular flexibility index (Phi) is 6.01. The summed E-state index contributed by atoms with van der Waals surface area (Å²) in [6, 6.07) is 0.162. The van der Waals surface area contributed by atoms with Gasteiger partial charge in [-0.15, -0.1) is 0 Å². The van der Waals surface area contributed by atoms with Crippen molar-refractivity contribution in [2.75, 3.05) is 6.54 Å². The molecule has 1 aromatic heterocycles. The molecular weight excluding hydrogens is 164 g/mol. The molecule has 1 aromatic rings. The number of hydrogen-bond donors (Lipinski definition) is 2. The summed E-state index contributed by atoms with van der Waals surface area (Å²) in [5.41, 5.74) is 12.1. The summed E-state index contributed by atoms with van der Waals surface area (Å²) in [5.74, 6) is 0. The van der Waals surface area contributed by atoms with E-state index in [-0.39, 0.29) is 6.04 Å².